The van der Waals surface area contributed by atoms with Crippen LogP contribution in [-0.4, -0.2) is 4.57 Å². The van der Waals surface area contributed by atoms with Gasteiger partial charge in [-0.1, -0.05) is 20.8 Å². The molecule has 1 heterocycles. The molecule has 0 saturated carbocycles. The topological polar surface area (TPSA) is 30.9 Å². The van der Waals surface area contributed by atoms with E-state index in [1.807, 2.05) is 12.3 Å². The molecule has 0 aromatic carbocycles. The number of aromatic nitrogens is 1. The van der Waals surface area contributed by atoms with Gasteiger partial charge in [-0.15, -0.1) is 0 Å². The van der Waals surface area contributed by atoms with Crippen molar-refractivity contribution in [3.8, 4) is 0 Å². The van der Waals surface area contributed by atoms with Gasteiger partial charge in [0.15, 0.2) is 0 Å². The Morgan fingerprint density at radius 2 is 2.09 bits per heavy atom. The molecule has 0 radical (unpaired) electrons. The maximum atomic E-state index is 5.55. The van der Waals surface area contributed by atoms with Crippen LogP contribution >= 0.6 is 0 Å². The lowest BCUT2D eigenvalue weighted by molar-refractivity contribution is 0.521. The highest BCUT2D eigenvalue weighted by Gasteiger charge is 2.16. The average molecular weight is 152 g/mol. The monoisotopic (exact) mass is 152 g/mol. The second-order valence-electron chi connectivity index (χ2n) is 3.80. The Kier molecular flexibility index (Phi) is 2.05. The lowest BCUT2D eigenvalue weighted by Crippen LogP contribution is -2.19. The minimum Gasteiger partial charge on any atom is -0.338 e. The van der Waals surface area contributed by atoms with Gasteiger partial charge in [0.25, 0.3) is 0 Å². The van der Waals surface area contributed by atoms with Crippen LogP contribution in [0.4, 0.5) is 0 Å². The zero-order valence-corrected chi connectivity index (χ0v) is 7.46. The summed E-state index contributed by atoms with van der Waals surface area (Å²) in [5.41, 5.74) is 7.04. The zero-order valence-electron chi connectivity index (χ0n) is 7.46. The molecule has 0 aliphatic carbocycles. The molecule has 0 spiro atoms. The SMILES string of the molecule is CC(C)(C)c1cccn1CN. The molecule has 62 valence electrons. The Morgan fingerprint density at radius 1 is 1.45 bits per heavy atom. The van der Waals surface area contributed by atoms with Gasteiger partial charge in [0.1, 0.15) is 0 Å². The van der Waals surface area contributed by atoms with E-state index in [2.05, 4.69) is 31.4 Å². The average Bonchev–Trinajstić information content (AvgIpc) is 2.31. The predicted molar refractivity (Wildman–Crippen MR) is 47.3 cm³/mol. The first-order valence-electron chi connectivity index (χ1n) is 3.91. The van der Waals surface area contributed by atoms with Crippen molar-refractivity contribution < 1.29 is 0 Å². The Morgan fingerprint density at radius 3 is 2.45 bits per heavy atom. The second kappa shape index (κ2) is 2.70. The number of nitrogens with two attached hydrogens (primary N) is 1. The summed E-state index contributed by atoms with van der Waals surface area (Å²) in [5, 5.41) is 0. The smallest absolute Gasteiger partial charge is 0.0697 e. The standard InChI is InChI=1S/C9H16N2/c1-9(2,3)8-5-4-6-11(8)7-10/h4-6H,7,10H2,1-3H3. The summed E-state index contributed by atoms with van der Waals surface area (Å²) in [6.07, 6.45) is 2.01. The fourth-order valence-corrected chi connectivity index (χ4v) is 1.25. The van der Waals surface area contributed by atoms with Crippen molar-refractivity contribution in [3.63, 3.8) is 0 Å². The van der Waals surface area contributed by atoms with Crippen molar-refractivity contribution in [1.29, 1.82) is 0 Å². The molecule has 2 N–H and O–H groups in total. The first kappa shape index (κ1) is 8.34. The molecule has 2 heteroatoms. The lowest BCUT2D eigenvalue weighted by Gasteiger charge is -2.20. The van der Waals surface area contributed by atoms with E-state index in [-0.39, 0.29) is 5.41 Å². The van der Waals surface area contributed by atoms with Crippen LogP contribution in [0.2, 0.25) is 0 Å². The van der Waals surface area contributed by atoms with Gasteiger partial charge in [0.05, 0.1) is 6.67 Å². The molecule has 11 heavy (non-hydrogen) atoms. The minimum atomic E-state index is 0.197. The minimum absolute atomic E-state index is 0.197. The van der Waals surface area contributed by atoms with Gasteiger partial charge in [0.2, 0.25) is 0 Å². The molecular weight excluding hydrogens is 136 g/mol. The molecule has 0 aliphatic rings. The summed E-state index contributed by atoms with van der Waals surface area (Å²) in [4.78, 5) is 0. The fourth-order valence-electron chi connectivity index (χ4n) is 1.25. The van der Waals surface area contributed by atoms with Crippen LogP contribution in [0.5, 0.6) is 0 Å². The molecular formula is C9H16N2. The van der Waals surface area contributed by atoms with E-state index in [4.69, 9.17) is 5.73 Å². The summed E-state index contributed by atoms with van der Waals surface area (Å²) in [6, 6.07) is 4.15. The van der Waals surface area contributed by atoms with Crippen molar-refractivity contribution in [2.75, 3.05) is 0 Å². The van der Waals surface area contributed by atoms with Gasteiger partial charge < -0.3 is 10.3 Å². The number of rotatable bonds is 1. The molecule has 1 rings (SSSR count). The molecule has 1 aromatic rings. The molecule has 0 amide bonds. The van der Waals surface area contributed by atoms with Crippen LogP contribution in [-0.2, 0) is 12.1 Å². The van der Waals surface area contributed by atoms with Gasteiger partial charge in [0, 0.05) is 17.3 Å². The van der Waals surface area contributed by atoms with E-state index in [0.29, 0.717) is 6.67 Å². The van der Waals surface area contributed by atoms with Crippen molar-refractivity contribution in [2.24, 2.45) is 5.73 Å². The lowest BCUT2D eigenvalue weighted by atomic mass is 9.92. The van der Waals surface area contributed by atoms with Crippen LogP contribution < -0.4 is 5.73 Å². The largest absolute Gasteiger partial charge is 0.338 e. The predicted octanol–water partition coefficient (Wildman–Crippen LogP) is 1.70. The highest BCUT2D eigenvalue weighted by atomic mass is 15.0. The van der Waals surface area contributed by atoms with Crippen LogP contribution in [0.25, 0.3) is 0 Å². The maximum absolute atomic E-state index is 5.55. The zero-order chi connectivity index (χ0) is 8.48. The van der Waals surface area contributed by atoms with Crippen LogP contribution in [0.3, 0.4) is 0 Å². The molecule has 1 aromatic heterocycles. The Balaban J connectivity index is 3.02. The highest BCUT2D eigenvalue weighted by molar-refractivity contribution is 5.15. The Hall–Kier alpha value is -0.760. The number of nitrogens with zero attached hydrogens (tertiary/aromatic N) is 1. The van der Waals surface area contributed by atoms with E-state index in [9.17, 15) is 0 Å². The molecule has 0 unspecified atom stereocenters. The molecule has 0 bridgehead atoms. The van der Waals surface area contributed by atoms with E-state index in [1.165, 1.54) is 5.69 Å². The van der Waals surface area contributed by atoms with Gasteiger partial charge >= 0.3 is 0 Å². The number of hydrogen-bond acceptors (Lipinski definition) is 1. The third-order valence-corrected chi connectivity index (χ3v) is 1.79. The quantitative estimate of drug-likeness (QED) is 0.652. The van der Waals surface area contributed by atoms with Gasteiger partial charge in [-0.2, -0.15) is 0 Å². The van der Waals surface area contributed by atoms with E-state index < -0.39 is 0 Å². The van der Waals surface area contributed by atoms with E-state index in [1.54, 1.807) is 0 Å². The van der Waals surface area contributed by atoms with E-state index in [0.717, 1.165) is 0 Å². The summed E-state index contributed by atoms with van der Waals surface area (Å²) in [5.74, 6) is 0. The molecule has 0 saturated heterocycles. The molecule has 0 aliphatic heterocycles. The van der Waals surface area contributed by atoms with Crippen molar-refractivity contribution in [3.05, 3.63) is 24.0 Å². The van der Waals surface area contributed by atoms with Crippen LogP contribution in [0.1, 0.15) is 26.5 Å². The molecule has 0 fully saturated rings. The Labute approximate surface area is 68.0 Å². The van der Waals surface area contributed by atoms with E-state index >= 15 is 0 Å². The molecule has 2 nitrogen and oxygen atoms in total. The summed E-state index contributed by atoms with van der Waals surface area (Å²) >= 11 is 0. The van der Waals surface area contributed by atoms with Gasteiger partial charge in [-0.3, -0.25) is 0 Å². The Bertz CT molecular complexity index is 230. The fraction of sp³-hybridized carbons (Fsp3) is 0.556. The van der Waals surface area contributed by atoms with Crippen molar-refractivity contribution >= 4 is 0 Å². The summed E-state index contributed by atoms with van der Waals surface area (Å²) in [6.45, 7) is 7.14. The third kappa shape index (κ3) is 1.63. The first-order valence-corrected chi connectivity index (χ1v) is 3.91. The van der Waals surface area contributed by atoms with Crippen molar-refractivity contribution in [2.45, 2.75) is 32.9 Å². The summed E-state index contributed by atoms with van der Waals surface area (Å²) in [7, 11) is 0. The normalized spacial score (nSPS) is 12.0. The van der Waals surface area contributed by atoms with Crippen molar-refractivity contribution in [1.82, 2.24) is 4.57 Å². The van der Waals surface area contributed by atoms with Crippen LogP contribution in [0.15, 0.2) is 18.3 Å². The second-order valence-corrected chi connectivity index (χ2v) is 3.80. The maximum Gasteiger partial charge on any atom is 0.0697 e. The number of hydrogen-bond donors (Lipinski definition) is 1. The highest BCUT2D eigenvalue weighted by Crippen LogP contribution is 2.21. The first-order chi connectivity index (χ1) is 5.05. The third-order valence-electron chi connectivity index (χ3n) is 1.79. The van der Waals surface area contributed by atoms with Crippen LogP contribution in [0, 0.1) is 0 Å². The van der Waals surface area contributed by atoms with Gasteiger partial charge in [-0.25, -0.2) is 0 Å². The van der Waals surface area contributed by atoms with Gasteiger partial charge in [-0.05, 0) is 12.1 Å². The summed E-state index contributed by atoms with van der Waals surface area (Å²) < 4.78 is 2.07. The molecule has 0 atom stereocenters.